The molecule has 2 aromatic carbocycles. The van der Waals surface area contributed by atoms with Gasteiger partial charge < -0.3 is 4.52 Å². The van der Waals surface area contributed by atoms with Crippen molar-refractivity contribution in [3.05, 3.63) is 82.8 Å². The van der Waals surface area contributed by atoms with Crippen LogP contribution in [-0.4, -0.2) is 22.4 Å². The Morgan fingerprint density at radius 1 is 1.10 bits per heavy atom. The normalized spacial score (nSPS) is 13.0. The summed E-state index contributed by atoms with van der Waals surface area (Å²) in [6, 6.07) is 16.8. The molecule has 31 heavy (non-hydrogen) atoms. The topological polar surface area (TPSA) is 75.1 Å². The first-order chi connectivity index (χ1) is 14.8. The highest BCUT2D eigenvalue weighted by Gasteiger charge is 2.19. The third-order valence-corrected chi connectivity index (χ3v) is 4.85. The molecule has 1 aliphatic heterocycles. The van der Waals surface area contributed by atoms with E-state index in [4.69, 9.17) is 9.78 Å². The van der Waals surface area contributed by atoms with Gasteiger partial charge in [0.15, 0.2) is 0 Å². The highest BCUT2D eigenvalue weighted by molar-refractivity contribution is 6.07. The van der Waals surface area contributed by atoms with Crippen LogP contribution in [0.3, 0.4) is 0 Å². The van der Waals surface area contributed by atoms with E-state index in [0.29, 0.717) is 29.5 Å². The molecule has 0 amide bonds. The summed E-state index contributed by atoms with van der Waals surface area (Å²) in [5.41, 5.74) is 3.94. The van der Waals surface area contributed by atoms with Crippen molar-refractivity contribution in [2.45, 2.75) is 39.8 Å². The zero-order valence-electron chi connectivity index (χ0n) is 18.2. The molecule has 0 N–H and O–H groups in total. The van der Waals surface area contributed by atoms with E-state index >= 15 is 0 Å². The van der Waals surface area contributed by atoms with E-state index in [1.165, 1.54) is 25.0 Å². The molecule has 1 aliphatic rings. The SMILES string of the molecule is CC1=CC(c2nc(-c3ccc(C(C)(C)F)cc3)no2)=NC1.CCc1ccc(C#N)cc1. The number of alkyl halides is 1. The van der Waals surface area contributed by atoms with Gasteiger partial charge in [0, 0.05) is 5.56 Å². The second-order valence-electron chi connectivity index (χ2n) is 7.83. The summed E-state index contributed by atoms with van der Waals surface area (Å²) < 4.78 is 19.1. The van der Waals surface area contributed by atoms with Crippen molar-refractivity contribution in [2.75, 3.05) is 6.54 Å². The molecule has 0 atom stereocenters. The number of rotatable bonds is 4. The standard InChI is InChI=1S/C16H16FN3O.C9H9N/c1-10-8-13(18-9-10)15-19-14(20-21-15)11-4-6-12(7-5-11)16(2,3)17;1-2-8-3-5-9(7-10)6-4-8/h4-8H,9H2,1-3H3;3-6H,2H2,1H3. The largest absolute Gasteiger partial charge is 0.332 e. The molecule has 0 radical (unpaired) electrons. The quantitative estimate of drug-likeness (QED) is 0.538. The molecule has 0 bridgehead atoms. The van der Waals surface area contributed by atoms with Crippen molar-refractivity contribution >= 4 is 5.71 Å². The maximum atomic E-state index is 13.8. The highest BCUT2D eigenvalue weighted by Crippen LogP contribution is 2.26. The highest BCUT2D eigenvalue weighted by atomic mass is 19.1. The van der Waals surface area contributed by atoms with Gasteiger partial charge >= 0.3 is 0 Å². The lowest BCUT2D eigenvalue weighted by molar-refractivity contribution is 0.221. The second kappa shape index (κ2) is 9.48. The molecule has 0 saturated heterocycles. The summed E-state index contributed by atoms with van der Waals surface area (Å²) >= 11 is 0. The fourth-order valence-electron chi connectivity index (χ4n) is 2.94. The first kappa shape index (κ1) is 22.1. The fourth-order valence-corrected chi connectivity index (χ4v) is 2.94. The van der Waals surface area contributed by atoms with E-state index in [1.54, 1.807) is 24.3 Å². The Hall–Kier alpha value is -3.59. The summed E-state index contributed by atoms with van der Waals surface area (Å²) in [6.07, 6.45) is 2.97. The molecule has 6 heteroatoms. The monoisotopic (exact) mass is 416 g/mol. The van der Waals surface area contributed by atoms with Gasteiger partial charge in [0.1, 0.15) is 11.4 Å². The van der Waals surface area contributed by atoms with Crippen molar-refractivity contribution in [1.82, 2.24) is 10.1 Å². The summed E-state index contributed by atoms with van der Waals surface area (Å²) in [5.74, 6) is 0.894. The molecule has 0 aliphatic carbocycles. The Balaban J connectivity index is 0.000000229. The van der Waals surface area contributed by atoms with Gasteiger partial charge in [0.05, 0.1) is 18.2 Å². The van der Waals surface area contributed by atoms with E-state index < -0.39 is 5.67 Å². The van der Waals surface area contributed by atoms with E-state index in [-0.39, 0.29) is 0 Å². The number of aryl methyl sites for hydroxylation is 1. The van der Waals surface area contributed by atoms with Crippen LogP contribution in [0.5, 0.6) is 0 Å². The summed E-state index contributed by atoms with van der Waals surface area (Å²) in [4.78, 5) is 8.66. The summed E-state index contributed by atoms with van der Waals surface area (Å²) in [5, 5.41) is 12.4. The molecule has 2 heterocycles. The number of hydrogen-bond acceptors (Lipinski definition) is 5. The molecule has 4 rings (SSSR count). The molecule has 3 aromatic rings. The van der Waals surface area contributed by atoms with Gasteiger partial charge in [-0.2, -0.15) is 10.2 Å². The number of nitriles is 1. The molecule has 1 aromatic heterocycles. The molecule has 0 fully saturated rings. The van der Waals surface area contributed by atoms with E-state index in [0.717, 1.165) is 17.5 Å². The molecule has 0 saturated carbocycles. The van der Waals surface area contributed by atoms with Crippen LogP contribution in [-0.2, 0) is 12.1 Å². The van der Waals surface area contributed by atoms with Crippen LogP contribution < -0.4 is 0 Å². The minimum atomic E-state index is -1.36. The molecule has 0 spiro atoms. The first-order valence-electron chi connectivity index (χ1n) is 10.1. The van der Waals surface area contributed by atoms with Crippen LogP contribution in [0.25, 0.3) is 11.4 Å². The van der Waals surface area contributed by atoms with Crippen LogP contribution in [0.2, 0.25) is 0 Å². The summed E-state index contributed by atoms with van der Waals surface area (Å²) in [7, 11) is 0. The maximum Gasteiger partial charge on any atom is 0.276 e. The number of nitrogens with zero attached hydrogens (tertiary/aromatic N) is 4. The third kappa shape index (κ3) is 5.73. The van der Waals surface area contributed by atoms with Crippen LogP contribution in [0.4, 0.5) is 4.39 Å². The lowest BCUT2D eigenvalue weighted by Crippen LogP contribution is -2.08. The number of aromatic nitrogens is 2. The summed E-state index contributed by atoms with van der Waals surface area (Å²) in [6.45, 7) is 7.84. The Morgan fingerprint density at radius 3 is 2.29 bits per heavy atom. The van der Waals surface area contributed by atoms with E-state index in [2.05, 4.69) is 28.1 Å². The average molecular weight is 417 g/mol. The first-order valence-corrected chi connectivity index (χ1v) is 10.1. The Labute approximate surface area is 182 Å². The van der Waals surface area contributed by atoms with Crippen molar-refractivity contribution in [3.63, 3.8) is 0 Å². The fraction of sp³-hybridized carbons (Fsp3) is 0.280. The van der Waals surface area contributed by atoms with E-state index in [1.807, 2.05) is 37.3 Å². The van der Waals surface area contributed by atoms with Crippen molar-refractivity contribution in [2.24, 2.45) is 4.99 Å². The Kier molecular flexibility index (Phi) is 6.76. The predicted octanol–water partition coefficient (Wildman–Crippen LogP) is 5.81. The van der Waals surface area contributed by atoms with Crippen molar-refractivity contribution in [1.29, 1.82) is 5.26 Å². The lowest BCUT2D eigenvalue weighted by atomic mass is 9.99. The molecule has 158 valence electrons. The van der Waals surface area contributed by atoms with Gasteiger partial charge in [-0.15, -0.1) is 0 Å². The van der Waals surface area contributed by atoms with Crippen LogP contribution >= 0.6 is 0 Å². The molecular weight excluding hydrogens is 391 g/mol. The number of allylic oxidation sites excluding steroid dienone is 1. The lowest BCUT2D eigenvalue weighted by Gasteiger charge is -2.14. The minimum Gasteiger partial charge on any atom is -0.332 e. The second-order valence-corrected chi connectivity index (χ2v) is 7.83. The van der Waals surface area contributed by atoms with Gasteiger partial charge in [-0.05, 0) is 62.1 Å². The number of aliphatic imine (C=N–C) groups is 1. The maximum absolute atomic E-state index is 13.8. The van der Waals surface area contributed by atoms with Crippen LogP contribution in [0.15, 0.2) is 69.7 Å². The smallest absolute Gasteiger partial charge is 0.276 e. The van der Waals surface area contributed by atoms with Gasteiger partial charge in [-0.25, -0.2) is 4.39 Å². The average Bonchev–Trinajstić information content (AvgIpc) is 3.43. The van der Waals surface area contributed by atoms with Crippen molar-refractivity contribution in [3.8, 4) is 17.5 Å². The Bertz CT molecular complexity index is 1130. The van der Waals surface area contributed by atoms with Crippen LogP contribution in [0.1, 0.15) is 50.3 Å². The Morgan fingerprint density at radius 2 is 1.77 bits per heavy atom. The van der Waals surface area contributed by atoms with Gasteiger partial charge in [0.25, 0.3) is 5.89 Å². The zero-order chi connectivity index (χ0) is 22.4. The number of benzene rings is 2. The van der Waals surface area contributed by atoms with Crippen molar-refractivity contribution < 1.29 is 8.91 Å². The third-order valence-electron chi connectivity index (χ3n) is 4.85. The van der Waals surface area contributed by atoms with Gasteiger partial charge in [-0.1, -0.05) is 48.5 Å². The number of halogens is 1. The molecule has 5 nitrogen and oxygen atoms in total. The zero-order valence-corrected chi connectivity index (χ0v) is 18.2. The van der Waals surface area contributed by atoms with Gasteiger partial charge in [0.2, 0.25) is 5.82 Å². The van der Waals surface area contributed by atoms with Crippen LogP contribution in [0, 0.1) is 11.3 Å². The molecular formula is C25H25FN4O. The molecule has 0 unspecified atom stereocenters. The minimum absolute atomic E-state index is 0.414. The number of hydrogen-bond donors (Lipinski definition) is 0. The van der Waals surface area contributed by atoms with E-state index in [9.17, 15) is 4.39 Å². The predicted molar refractivity (Wildman–Crippen MR) is 120 cm³/mol. The van der Waals surface area contributed by atoms with Gasteiger partial charge in [-0.3, -0.25) is 4.99 Å².